The fraction of sp³-hybridized carbons (Fsp3) is 0.240. The van der Waals surface area contributed by atoms with Crippen LogP contribution in [-0.4, -0.2) is 25.2 Å². The lowest BCUT2D eigenvalue weighted by molar-refractivity contribution is 0.0944. The number of nitrogens with zero attached hydrogens (tertiary/aromatic N) is 4. The summed E-state index contributed by atoms with van der Waals surface area (Å²) in [5, 5.41) is 7.82. The van der Waals surface area contributed by atoms with Crippen LogP contribution in [0, 0.1) is 6.92 Å². The summed E-state index contributed by atoms with van der Waals surface area (Å²) in [5.74, 6) is -0.110. The fourth-order valence-corrected chi connectivity index (χ4v) is 4.24. The Morgan fingerprint density at radius 2 is 1.87 bits per heavy atom. The summed E-state index contributed by atoms with van der Waals surface area (Å²) < 4.78 is 3.97. The van der Waals surface area contributed by atoms with E-state index in [0.29, 0.717) is 12.2 Å². The number of aryl methyl sites for hydroxylation is 1. The number of amides is 1. The SMILES string of the molecule is Cc1ccc(-n2nc(C(=O)NCc3ccccc3Cn3ccnc3)c3c2CCC3)cc1. The summed E-state index contributed by atoms with van der Waals surface area (Å²) in [5.41, 5.74) is 7.28. The van der Waals surface area contributed by atoms with Gasteiger partial charge in [-0.25, -0.2) is 9.67 Å². The molecule has 6 nitrogen and oxygen atoms in total. The molecule has 1 amide bonds. The van der Waals surface area contributed by atoms with Gasteiger partial charge in [0.15, 0.2) is 5.69 Å². The van der Waals surface area contributed by atoms with E-state index in [9.17, 15) is 4.79 Å². The maximum absolute atomic E-state index is 13.1. The molecule has 0 unspecified atom stereocenters. The quantitative estimate of drug-likeness (QED) is 0.524. The minimum absolute atomic E-state index is 0.110. The topological polar surface area (TPSA) is 64.7 Å². The lowest BCUT2D eigenvalue weighted by atomic mass is 10.1. The molecule has 2 aromatic carbocycles. The summed E-state index contributed by atoms with van der Waals surface area (Å²) >= 11 is 0. The standard InChI is InChI=1S/C25H25N5O/c1-18-9-11-21(12-10-18)30-23-8-4-7-22(23)24(28-30)25(31)27-15-19-5-2-3-6-20(19)16-29-14-13-26-17-29/h2-3,5-6,9-14,17H,4,7-8,15-16H2,1H3,(H,27,31). The van der Waals surface area contributed by atoms with E-state index in [0.717, 1.165) is 53.9 Å². The van der Waals surface area contributed by atoms with Crippen LogP contribution in [0.4, 0.5) is 0 Å². The smallest absolute Gasteiger partial charge is 0.272 e. The molecule has 2 heterocycles. The van der Waals surface area contributed by atoms with Crippen molar-refractivity contribution in [2.45, 2.75) is 39.3 Å². The first-order valence-corrected chi connectivity index (χ1v) is 10.7. The normalized spacial score (nSPS) is 12.7. The zero-order valence-electron chi connectivity index (χ0n) is 17.6. The van der Waals surface area contributed by atoms with Gasteiger partial charge in [-0.1, -0.05) is 42.0 Å². The van der Waals surface area contributed by atoms with Gasteiger partial charge in [0.1, 0.15) is 0 Å². The van der Waals surface area contributed by atoms with Crippen molar-refractivity contribution >= 4 is 5.91 Å². The van der Waals surface area contributed by atoms with Crippen LogP contribution in [0.25, 0.3) is 5.69 Å². The van der Waals surface area contributed by atoms with Gasteiger partial charge in [0, 0.05) is 36.7 Å². The van der Waals surface area contributed by atoms with E-state index in [-0.39, 0.29) is 5.91 Å². The summed E-state index contributed by atoms with van der Waals surface area (Å²) in [6, 6.07) is 16.5. The first kappa shape index (κ1) is 19.3. The summed E-state index contributed by atoms with van der Waals surface area (Å²) in [6.45, 7) is 3.26. The number of carbonyl (C=O) groups is 1. The van der Waals surface area contributed by atoms with Crippen LogP contribution < -0.4 is 5.32 Å². The van der Waals surface area contributed by atoms with E-state index >= 15 is 0 Å². The van der Waals surface area contributed by atoms with Gasteiger partial charge in [-0.3, -0.25) is 4.79 Å². The van der Waals surface area contributed by atoms with Gasteiger partial charge in [-0.2, -0.15) is 5.10 Å². The van der Waals surface area contributed by atoms with Gasteiger partial charge < -0.3 is 9.88 Å². The molecular formula is C25H25N5O. The number of benzene rings is 2. The van der Waals surface area contributed by atoms with Crippen molar-refractivity contribution < 1.29 is 4.79 Å². The monoisotopic (exact) mass is 411 g/mol. The van der Waals surface area contributed by atoms with Gasteiger partial charge in [0.25, 0.3) is 5.91 Å². The molecule has 0 radical (unpaired) electrons. The van der Waals surface area contributed by atoms with Crippen molar-refractivity contribution in [2.75, 3.05) is 0 Å². The average Bonchev–Trinajstić information content (AvgIpc) is 3.52. The Labute approximate surface area is 181 Å². The Bertz CT molecular complexity index is 1210. The maximum atomic E-state index is 13.1. The van der Waals surface area contributed by atoms with Crippen molar-refractivity contribution in [1.82, 2.24) is 24.6 Å². The Balaban J connectivity index is 1.36. The number of hydrogen-bond donors (Lipinski definition) is 1. The minimum atomic E-state index is -0.110. The molecule has 2 aromatic heterocycles. The number of hydrogen-bond acceptors (Lipinski definition) is 3. The van der Waals surface area contributed by atoms with E-state index in [1.165, 1.54) is 5.56 Å². The first-order valence-electron chi connectivity index (χ1n) is 10.7. The number of fused-ring (bicyclic) bond motifs is 1. The van der Waals surface area contributed by atoms with E-state index in [4.69, 9.17) is 5.10 Å². The van der Waals surface area contributed by atoms with Crippen LogP contribution in [0.3, 0.4) is 0 Å². The molecule has 0 fully saturated rings. The van der Waals surface area contributed by atoms with E-state index in [2.05, 4.69) is 53.6 Å². The van der Waals surface area contributed by atoms with Crippen molar-refractivity contribution in [3.63, 3.8) is 0 Å². The Hall–Kier alpha value is -3.67. The predicted molar refractivity (Wildman–Crippen MR) is 119 cm³/mol. The Morgan fingerprint density at radius 3 is 2.65 bits per heavy atom. The summed E-state index contributed by atoms with van der Waals surface area (Å²) in [4.78, 5) is 17.2. The lowest BCUT2D eigenvalue weighted by Gasteiger charge is -2.11. The highest BCUT2D eigenvalue weighted by molar-refractivity contribution is 5.94. The predicted octanol–water partition coefficient (Wildman–Crippen LogP) is 3.84. The molecule has 0 bridgehead atoms. The molecule has 0 atom stereocenters. The molecule has 1 aliphatic carbocycles. The second-order valence-electron chi connectivity index (χ2n) is 8.06. The number of imidazole rings is 1. The third-order valence-corrected chi connectivity index (χ3v) is 5.89. The average molecular weight is 412 g/mol. The molecule has 0 aliphatic heterocycles. The zero-order chi connectivity index (χ0) is 21.2. The van der Waals surface area contributed by atoms with Crippen molar-refractivity contribution in [2.24, 2.45) is 0 Å². The summed E-state index contributed by atoms with van der Waals surface area (Å²) in [6.07, 6.45) is 8.44. The maximum Gasteiger partial charge on any atom is 0.272 e. The van der Waals surface area contributed by atoms with Crippen LogP contribution in [0.2, 0.25) is 0 Å². The summed E-state index contributed by atoms with van der Waals surface area (Å²) in [7, 11) is 0. The second-order valence-corrected chi connectivity index (χ2v) is 8.06. The van der Waals surface area contributed by atoms with E-state index < -0.39 is 0 Å². The molecule has 31 heavy (non-hydrogen) atoms. The second kappa shape index (κ2) is 8.22. The lowest BCUT2D eigenvalue weighted by Crippen LogP contribution is -2.25. The molecular weight excluding hydrogens is 386 g/mol. The molecule has 1 N–H and O–H groups in total. The van der Waals surface area contributed by atoms with Crippen LogP contribution >= 0.6 is 0 Å². The van der Waals surface area contributed by atoms with Crippen LogP contribution in [0.1, 0.15) is 44.9 Å². The molecule has 156 valence electrons. The van der Waals surface area contributed by atoms with Gasteiger partial charge in [0.05, 0.1) is 12.0 Å². The molecule has 0 spiro atoms. The molecule has 0 saturated carbocycles. The van der Waals surface area contributed by atoms with Crippen molar-refractivity contribution in [3.05, 3.63) is 101 Å². The number of aromatic nitrogens is 4. The van der Waals surface area contributed by atoms with Gasteiger partial charge in [-0.05, 0) is 49.4 Å². The molecule has 4 aromatic rings. The largest absolute Gasteiger partial charge is 0.347 e. The van der Waals surface area contributed by atoms with E-state index in [1.807, 2.05) is 27.6 Å². The third-order valence-electron chi connectivity index (χ3n) is 5.89. The first-order chi connectivity index (χ1) is 15.2. The fourth-order valence-electron chi connectivity index (χ4n) is 4.24. The molecule has 1 aliphatic rings. The van der Waals surface area contributed by atoms with Crippen molar-refractivity contribution in [1.29, 1.82) is 0 Å². The highest BCUT2D eigenvalue weighted by atomic mass is 16.1. The number of rotatable bonds is 6. The third kappa shape index (κ3) is 3.89. The van der Waals surface area contributed by atoms with Gasteiger partial charge in [0.2, 0.25) is 0 Å². The zero-order valence-corrected chi connectivity index (χ0v) is 17.6. The van der Waals surface area contributed by atoms with Crippen LogP contribution in [0.5, 0.6) is 0 Å². The Kier molecular flexibility index (Phi) is 5.12. The minimum Gasteiger partial charge on any atom is -0.347 e. The highest BCUT2D eigenvalue weighted by Gasteiger charge is 2.26. The highest BCUT2D eigenvalue weighted by Crippen LogP contribution is 2.28. The van der Waals surface area contributed by atoms with Crippen LogP contribution in [0.15, 0.2) is 67.3 Å². The molecule has 5 rings (SSSR count). The molecule has 6 heteroatoms. The van der Waals surface area contributed by atoms with Crippen molar-refractivity contribution in [3.8, 4) is 5.69 Å². The number of nitrogens with one attached hydrogen (secondary N) is 1. The Morgan fingerprint density at radius 1 is 1.06 bits per heavy atom. The van der Waals surface area contributed by atoms with Gasteiger partial charge >= 0.3 is 0 Å². The van der Waals surface area contributed by atoms with Gasteiger partial charge in [-0.15, -0.1) is 0 Å². The number of carbonyl (C=O) groups excluding carboxylic acids is 1. The van der Waals surface area contributed by atoms with Crippen LogP contribution in [-0.2, 0) is 25.9 Å². The molecule has 0 saturated heterocycles. The van der Waals surface area contributed by atoms with E-state index in [1.54, 1.807) is 12.5 Å².